The lowest BCUT2D eigenvalue weighted by atomic mass is 9.86. The van der Waals surface area contributed by atoms with Crippen LogP contribution in [0.15, 0.2) is 48.5 Å². The molecule has 2 fully saturated rings. The predicted molar refractivity (Wildman–Crippen MR) is 115 cm³/mol. The number of fused-ring (bicyclic) bond motifs is 1. The van der Waals surface area contributed by atoms with E-state index < -0.39 is 5.54 Å². The van der Waals surface area contributed by atoms with E-state index in [4.69, 9.17) is 9.47 Å². The number of hydrogen-bond donors (Lipinski definition) is 2. The smallest absolute Gasteiger partial charge is 0.250 e. The second kappa shape index (κ2) is 8.11. The molecule has 1 spiro atoms. The van der Waals surface area contributed by atoms with Crippen molar-refractivity contribution in [3.05, 3.63) is 54.1 Å². The first kappa shape index (κ1) is 19.7. The van der Waals surface area contributed by atoms with Gasteiger partial charge in [0.15, 0.2) is 11.5 Å². The molecule has 162 valence electrons. The van der Waals surface area contributed by atoms with Crippen LogP contribution in [0.3, 0.4) is 0 Å². The van der Waals surface area contributed by atoms with Crippen molar-refractivity contribution in [3.8, 4) is 11.5 Å². The lowest BCUT2D eigenvalue weighted by Gasteiger charge is -2.40. The van der Waals surface area contributed by atoms with Gasteiger partial charge in [-0.25, -0.2) is 0 Å². The minimum Gasteiger partial charge on any atom is -0.454 e. The summed E-state index contributed by atoms with van der Waals surface area (Å²) in [6.45, 7) is 2.63. The Bertz CT molecular complexity index is 975. The molecule has 0 unspecified atom stereocenters. The van der Waals surface area contributed by atoms with Crippen molar-refractivity contribution < 1.29 is 19.1 Å². The topological polar surface area (TPSA) is 83.1 Å². The molecular weight excluding hydrogens is 396 g/mol. The zero-order valence-electron chi connectivity index (χ0n) is 17.3. The number of carbonyl (C=O) groups is 2. The molecule has 2 N–H and O–H groups in total. The maximum Gasteiger partial charge on any atom is 0.250 e. The van der Waals surface area contributed by atoms with E-state index in [1.54, 1.807) is 4.90 Å². The van der Waals surface area contributed by atoms with Crippen LogP contribution in [0.25, 0.3) is 0 Å². The molecule has 2 saturated heterocycles. The summed E-state index contributed by atoms with van der Waals surface area (Å²) in [4.78, 5) is 30.0. The fourth-order valence-corrected chi connectivity index (χ4v) is 4.64. The van der Waals surface area contributed by atoms with Crippen LogP contribution in [0.5, 0.6) is 11.5 Å². The molecule has 2 aromatic carbocycles. The fraction of sp³-hybridized carbons (Fsp3) is 0.391. The molecule has 3 heterocycles. The number of anilines is 1. The van der Waals surface area contributed by atoms with Crippen LogP contribution >= 0.6 is 0 Å². The normalized spacial score (nSPS) is 19.2. The van der Waals surface area contributed by atoms with Crippen LogP contribution in [-0.4, -0.2) is 55.3 Å². The fourth-order valence-electron chi connectivity index (χ4n) is 4.64. The first-order valence-electron chi connectivity index (χ1n) is 10.6. The van der Waals surface area contributed by atoms with E-state index >= 15 is 0 Å². The standard InChI is InChI=1S/C23H26N4O4/c28-21(25-13-17-6-7-19-20(12-17)31-16-30-19)14-26-15-27(18-4-2-1-3-5-18)23(22(26)29)8-10-24-11-9-23/h1-7,12,24H,8-11,13-16H2,(H,25,28). The van der Waals surface area contributed by atoms with E-state index in [9.17, 15) is 9.59 Å². The van der Waals surface area contributed by atoms with E-state index in [-0.39, 0.29) is 25.2 Å². The first-order valence-corrected chi connectivity index (χ1v) is 10.6. The van der Waals surface area contributed by atoms with Crippen LogP contribution in [-0.2, 0) is 16.1 Å². The van der Waals surface area contributed by atoms with Gasteiger partial charge in [0, 0.05) is 12.2 Å². The van der Waals surface area contributed by atoms with Gasteiger partial charge in [0.25, 0.3) is 0 Å². The summed E-state index contributed by atoms with van der Waals surface area (Å²) >= 11 is 0. The molecule has 0 atom stereocenters. The molecule has 3 aliphatic heterocycles. The van der Waals surface area contributed by atoms with Crippen molar-refractivity contribution in [2.75, 3.05) is 38.0 Å². The average Bonchev–Trinajstić information content (AvgIpc) is 3.37. The highest BCUT2D eigenvalue weighted by Crippen LogP contribution is 2.38. The number of carbonyl (C=O) groups excluding carboxylic acids is 2. The van der Waals surface area contributed by atoms with E-state index in [0.29, 0.717) is 24.7 Å². The first-order chi connectivity index (χ1) is 15.2. The van der Waals surface area contributed by atoms with Gasteiger partial charge in [-0.05, 0) is 55.8 Å². The largest absolute Gasteiger partial charge is 0.454 e. The summed E-state index contributed by atoms with van der Waals surface area (Å²) in [5, 5.41) is 6.27. The number of para-hydroxylation sites is 1. The Morgan fingerprint density at radius 2 is 1.84 bits per heavy atom. The number of nitrogens with one attached hydrogen (secondary N) is 2. The second-order valence-electron chi connectivity index (χ2n) is 8.15. The van der Waals surface area contributed by atoms with Crippen LogP contribution in [0, 0.1) is 0 Å². The molecule has 0 saturated carbocycles. The van der Waals surface area contributed by atoms with Gasteiger partial charge in [0.05, 0.1) is 6.67 Å². The number of nitrogens with zero attached hydrogens (tertiary/aromatic N) is 2. The third kappa shape index (κ3) is 3.67. The zero-order valence-corrected chi connectivity index (χ0v) is 17.3. The Hall–Kier alpha value is -3.26. The van der Waals surface area contributed by atoms with Crippen LogP contribution in [0.2, 0.25) is 0 Å². The van der Waals surface area contributed by atoms with Crippen molar-refractivity contribution in [2.45, 2.75) is 24.9 Å². The quantitative estimate of drug-likeness (QED) is 0.759. The summed E-state index contributed by atoms with van der Waals surface area (Å²) < 4.78 is 10.7. The molecule has 8 heteroatoms. The van der Waals surface area contributed by atoms with Gasteiger partial charge in [-0.1, -0.05) is 24.3 Å². The van der Waals surface area contributed by atoms with Crippen molar-refractivity contribution in [3.63, 3.8) is 0 Å². The highest BCUT2D eigenvalue weighted by Gasteiger charge is 2.53. The number of hydrogen-bond acceptors (Lipinski definition) is 6. The molecule has 2 amide bonds. The minimum absolute atomic E-state index is 0.0380. The van der Waals surface area contributed by atoms with Crippen molar-refractivity contribution >= 4 is 17.5 Å². The van der Waals surface area contributed by atoms with Gasteiger partial charge >= 0.3 is 0 Å². The second-order valence-corrected chi connectivity index (χ2v) is 8.15. The van der Waals surface area contributed by atoms with Crippen LogP contribution < -0.4 is 25.0 Å². The van der Waals surface area contributed by atoms with Gasteiger partial charge in [-0.2, -0.15) is 0 Å². The third-order valence-corrected chi connectivity index (χ3v) is 6.27. The van der Waals surface area contributed by atoms with E-state index in [1.807, 2.05) is 48.5 Å². The Morgan fingerprint density at radius 1 is 1.06 bits per heavy atom. The lowest BCUT2D eigenvalue weighted by molar-refractivity contribution is -0.136. The van der Waals surface area contributed by atoms with E-state index in [1.165, 1.54) is 0 Å². The maximum absolute atomic E-state index is 13.4. The molecule has 5 rings (SSSR count). The molecular formula is C23H26N4O4. The van der Waals surface area contributed by atoms with Crippen LogP contribution in [0.1, 0.15) is 18.4 Å². The molecule has 3 aliphatic rings. The molecule has 2 aromatic rings. The monoisotopic (exact) mass is 422 g/mol. The summed E-state index contributed by atoms with van der Waals surface area (Å²) in [6.07, 6.45) is 1.46. The lowest BCUT2D eigenvalue weighted by Crippen LogP contribution is -2.55. The molecule has 8 nitrogen and oxygen atoms in total. The number of amides is 2. The summed E-state index contributed by atoms with van der Waals surface area (Å²) in [5.41, 5.74) is 1.36. The average molecular weight is 422 g/mol. The van der Waals surface area contributed by atoms with Gasteiger partial charge in [0.1, 0.15) is 12.1 Å². The van der Waals surface area contributed by atoms with Gasteiger partial charge in [-0.15, -0.1) is 0 Å². The van der Waals surface area contributed by atoms with Gasteiger partial charge in [0.2, 0.25) is 18.6 Å². The number of ether oxygens (including phenoxy) is 2. The van der Waals surface area contributed by atoms with Crippen molar-refractivity contribution in [1.29, 1.82) is 0 Å². The predicted octanol–water partition coefficient (Wildman–Crippen LogP) is 1.46. The van der Waals surface area contributed by atoms with Gasteiger partial charge in [-0.3, -0.25) is 9.59 Å². The number of benzene rings is 2. The molecule has 0 radical (unpaired) electrons. The summed E-state index contributed by atoms with van der Waals surface area (Å²) in [7, 11) is 0. The van der Waals surface area contributed by atoms with E-state index in [0.717, 1.165) is 37.2 Å². The summed E-state index contributed by atoms with van der Waals surface area (Å²) in [6, 6.07) is 15.6. The van der Waals surface area contributed by atoms with Crippen molar-refractivity contribution in [1.82, 2.24) is 15.5 Å². The molecule has 0 aliphatic carbocycles. The molecule has 0 bridgehead atoms. The number of rotatable bonds is 5. The molecule has 0 aromatic heterocycles. The third-order valence-electron chi connectivity index (χ3n) is 6.27. The van der Waals surface area contributed by atoms with E-state index in [2.05, 4.69) is 15.5 Å². The minimum atomic E-state index is -0.579. The Morgan fingerprint density at radius 3 is 2.65 bits per heavy atom. The zero-order chi connectivity index (χ0) is 21.3. The Labute approximate surface area is 181 Å². The van der Waals surface area contributed by atoms with Crippen molar-refractivity contribution in [2.24, 2.45) is 0 Å². The Kier molecular flexibility index (Phi) is 5.15. The highest BCUT2D eigenvalue weighted by atomic mass is 16.7. The highest BCUT2D eigenvalue weighted by molar-refractivity contribution is 5.96. The SMILES string of the molecule is O=C(CN1CN(c2ccccc2)C2(CCNCC2)C1=O)NCc1ccc2c(c1)OCO2. The summed E-state index contributed by atoms with van der Waals surface area (Å²) in [5.74, 6) is 1.26. The van der Waals surface area contributed by atoms with Crippen LogP contribution in [0.4, 0.5) is 5.69 Å². The Balaban J connectivity index is 1.26. The molecule has 31 heavy (non-hydrogen) atoms. The maximum atomic E-state index is 13.4. The van der Waals surface area contributed by atoms with Gasteiger partial charge < -0.3 is 29.9 Å². The number of piperidine rings is 1.